The first kappa shape index (κ1) is 20.2. The number of aromatic nitrogens is 2. The van der Waals surface area contributed by atoms with Crippen LogP contribution in [0.15, 0.2) is 28.0 Å². The minimum Gasteiger partial charge on any atom is -0.462 e. The Morgan fingerprint density at radius 3 is 2.24 bits per heavy atom. The summed E-state index contributed by atoms with van der Waals surface area (Å²) in [6.07, 6.45) is 2.36. The number of nitrogens with one attached hydrogen (secondary N) is 1. The number of hydrogen-bond donors (Lipinski definition) is 1. The summed E-state index contributed by atoms with van der Waals surface area (Å²) in [5, 5.41) is -0.360. The van der Waals surface area contributed by atoms with E-state index in [0.717, 1.165) is 12.3 Å². The second kappa shape index (κ2) is 7.86. The van der Waals surface area contributed by atoms with Gasteiger partial charge in [-0.1, -0.05) is 0 Å². The van der Waals surface area contributed by atoms with E-state index in [9.17, 15) is 23.6 Å². The molecule has 0 atom stereocenters. The van der Waals surface area contributed by atoms with Crippen LogP contribution < -0.4 is 10.9 Å². The van der Waals surface area contributed by atoms with Crippen LogP contribution in [-0.4, -0.2) is 34.7 Å². The Morgan fingerprint density at radius 2 is 1.66 bits per heavy atom. The van der Waals surface area contributed by atoms with E-state index in [2.05, 4.69) is 4.98 Å². The van der Waals surface area contributed by atoms with Crippen molar-refractivity contribution in [2.75, 3.05) is 13.2 Å². The van der Waals surface area contributed by atoms with Gasteiger partial charge in [0.1, 0.15) is 16.9 Å². The van der Waals surface area contributed by atoms with Gasteiger partial charge in [-0.05, 0) is 26.8 Å². The van der Waals surface area contributed by atoms with Gasteiger partial charge in [-0.3, -0.25) is 9.59 Å². The molecular formula is C20H19FN2O6. The van der Waals surface area contributed by atoms with Gasteiger partial charge in [0.25, 0.3) is 0 Å². The van der Waals surface area contributed by atoms with Crippen molar-refractivity contribution in [1.29, 1.82) is 0 Å². The molecule has 0 unspecified atom stereocenters. The van der Waals surface area contributed by atoms with Crippen LogP contribution in [-0.2, 0) is 16.0 Å². The van der Waals surface area contributed by atoms with Crippen LogP contribution in [0.25, 0.3) is 21.8 Å². The molecule has 2 heterocycles. The van der Waals surface area contributed by atoms with Crippen LogP contribution in [0.3, 0.4) is 0 Å². The molecular weight excluding hydrogens is 383 g/mol. The van der Waals surface area contributed by atoms with Crippen LogP contribution >= 0.6 is 0 Å². The molecule has 152 valence electrons. The first-order valence-corrected chi connectivity index (χ1v) is 9.10. The lowest BCUT2D eigenvalue weighted by molar-refractivity contribution is 0.0515. The molecule has 8 nitrogen and oxygen atoms in total. The number of halogens is 1. The van der Waals surface area contributed by atoms with Crippen LogP contribution in [0.4, 0.5) is 4.39 Å². The first-order valence-electron chi connectivity index (χ1n) is 9.10. The van der Waals surface area contributed by atoms with Crippen molar-refractivity contribution in [2.24, 2.45) is 0 Å². The number of pyridine rings is 2. The fraction of sp³-hybridized carbons (Fsp3) is 0.300. The second-order valence-corrected chi connectivity index (χ2v) is 6.13. The summed E-state index contributed by atoms with van der Waals surface area (Å²) < 4.78 is 26.1. The summed E-state index contributed by atoms with van der Waals surface area (Å²) in [5.41, 5.74) is -2.16. The number of carbonyl (C=O) groups excluding carboxylic acids is 2. The van der Waals surface area contributed by atoms with E-state index in [-0.39, 0.29) is 52.7 Å². The molecule has 0 saturated heterocycles. The fourth-order valence-corrected chi connectivity index (χ4v) is 3.20. The molecule has 2 aromatic heterocycles. The highest BCUT2D eigenvalue weighted by atomic mass is 19.1. The lowest BCUT2D eigenvalue weighted by atomic mass is 10.0. The second-order valence-electron chi connectivity index (χ2n) is 6.13. The van der Waals surface area contributed by atoms with E-state index in [4.69, 9.17) is 9.47 Å². The molecule has 1 N–H and O–H groups in total. The van der Waals surface area contributed by atoms with Gasteiger partial charge in [-0.2, -0.15) is 0 Å². The SMILES string of the molecule is CCOC(=O)c1c[nH]c2c(cc(F)c3c2c(=O)c(C(=O)OCC)cn3CC)c1=O. The van der Waals surface area contributed by atoms with Crippen molar-refractivity contribution in [3.05, 3.63) is 55.9 Å². The smallest absolute Gasteiger partial charge is 0.343 e. The number of benzene rings is 1. The standard InChI is InChI=1S/C20H19FN2O6/c1-4-23-9-12(20(27)29-6-3)18(25)14-15-10(7-13(21)16(14)23)17(24)11(8-22-15)19(26)28-5-2/h7-9H,4-6H2,1-3H3,(H,22,24). The molecule has 0 bridgehead atoms. The molecule has 3 rings (SSSR count). The third-order valence-electron chi connectivity index (χ3n) is 4.48. The highest BCUT2D eigenvalue weighted by Crippen LogP contribution is 2.24. The van der Waals surface area contributed by atoms with E-state index in [0.29, 0.717) is 0 Å². The average Bonchev–Trinajstić information content (AvgIpc) is 2.69. The topological polar surface area (TPSA) is 107 Å². The minimum atomic E-state index is -0.859. The van der Waals surface area contributed by atoms with Gasteiger partial charge in [0.05, 0.1) is 35.0 Å². The lowest BCUT2D eigenvalue weighted by Gasteiger charge is -2.14. The number of H-pyrrole nitrogens is 1. The molecule has 0 spiro atoms. The average molecular weight is 402 g/mol. The molecule has 9 heteroatoms. The summed E-state index contributed by atoms with van der Waals surface area (Å²) in [5.74, 6) is -2.53. The zero-order chi connectivity index (χ0) is 21.3. The zero-order valence-electron chi connectivity index (χ0n) is 16.1. The molecule has 0 aliphatic carbocycles. The molecule has 29 heavy (non-hydrogen) atoms. The Morgan fingerprint density at radius 1 is 1.03 bits per heavy atom. The van der Waals surface area contributed by atoms with Gasteiger partial charge in [-0.15, -0.1) is 0 Å². The van der Waals surface area contributed by atoms with Crippen molar-refractivity contribution < 1.29 is 23.5 Å². The van der Waals surface area contributed by atoms with E-state index < -0.39 is 28.6 Å². The van der Waals surface area contributed by atoms with E-state index >= 15 is 0 Å². The fourth-order valence-electron chi connectivity index (χ4n) is 3.20. The maximum absolute atomic E-state index is 14.9. The van der Waals surface area contributed by atoms with E-state index in [1.165, 1.54) is 10.8 Å². The number of ether oxygens (including phenoxy) is 2. The quantitative estimate of drug-likeness (QED) is 0.519. The van der Waals surface area contributed by atoms with Crippen molar-refractivity contribution >= 4 is 33.7 Å². The number of fused-ring (bicyclic) bond motifs is 3. The third-order valence-corrected chi connectivity index (χ3v) is 4.48. The summed E-state index contributed by atoms with van der Waals surface area (Å²) in [6, 6.07) is 0.967. The summed E-state index contributed by atoms with van der Waals surface area (Å²) >= 11 is 0. The van der Waals surface area contributed by atoms with Crippen molar-refractivity contribution in [3.8, 4) is 0 Å². The molecule has 0 aliphatic rings. The van der Waals surface area contributed by atoms with Gasteiger partial charge in [0.15, 0.2) is 0 Å². The number of aromatic amines is 1. The van der Waals surface area contributed by atoms with Crippen LogP contribution in [0.1, 0.15) is 41.5 Å². The normalized spacial score (nSPS) is 11.0. The highest BCUT2D eigenvalue weighted by Gasteiger charge is 2.23. The molecule has 0 amide bonds. The molecule has 0 fully saturated rings. The lowest BCUT2D eigenvalue weighted by Crippen LogP contribution is -2.23. The predicted molar refractivity (Wildman–Crippen MR) is 104 cm³/mol. The molecule has 3 aromatic rings. The Kier molecular flexibility index (Phi) is 5.49. The van der Waals surface area contributed by atoms with Gasteiger partial charge in [-0.25, -0.2) is 14.0 Å². The Labute approximate surface area is 163 Å². The van der Waals surface area contributed by atoms with Gasteiger partial charge in [0.2, 0.25) is 10.9 Å². The molecule has 1 aromatic carbocycles. The summed E-state index contributed by atoms with van der Waals surface area (Å²) in [7, 11) is 0. The molecule has 0 saturated carbocycles. The predicted octanol–water partition coefficient (Wildman–Crippen LogP) is 2.36. The Hall–Kier alpha value is -3.49. The van der Waals surface area contributed by atoms with Gasteiger partial charge in [0, 0.05) is 18.9 Å². The van der Waals surface area contributed by atoms with E-state index in [1.54, 1.807) is 20.8 Å². The summed E-state index contributed by atoms with van der Waals surface area (Å²) in [6.45, 7) is 5.29. The highest BCUT2D eigenvalue weighted by molar-refractivity contribution is 6.07. The number of rotatable bonds is 5. The Balaban J connectivity index is 2.47. The molecule has 0 radical (unpaired) electrons. The minimum absolute atomic E-state index is 0.0257. The maximum Gasteiger partial charge on any atom is 0.343 e. The largest absolute Gasteiger partial charge is 0.462 e. The zero-order valence-corrected chi connectivity index (χ0v) is 16.1. The third kappa shape index (κ3) is 3.28. The van der Waals surface area contributed by atoms with Gasteiger partial charge < -0.3 is 19.0 Å². The molecule has 0 aliphatic heterocycles. The van der Waals surface area contributed by atoms with Crippen molar-refractivity contribution in [2.45, 2.75) is 27.3 Å². The first-order chi connectivity index (χ1) is 13.8. The number of esters is 2. The van der Waals surface area contributed by atoms with Crippen LogP contribution in [0, 0.1) is 5.82 Å². The number of aryl methyl sites for hydroxylation is 1. The maximum atomic E-state index is 14.9. The number of carbonyl (C=O) groups is 2. The van der Waals surface area contributed by atoms with Crippen LogP contribution in [0.5, 0.6) is 0 Å². The van der Waals surface area contributed by atoms with Crippen molar-refractivity contribution in [3.63, 3.8) is 0 Å². The monoisotopic (exact) mass is 402 g/mol. The van der Waals surface area contributed by atoms with Gasteiger partial charge >= 0.3 is 11.9 Å². The number of hydrogen-bond acceptors (Lipinski definition) is 6. The van der Waals surface area contributed by atoms with E-state index in [1.807, 2.05) is 0 Å². The number of nitrogens with zero attached hydrogens (tertiary/aromatic N) is 1. The van der Waals surface area contributed by atoms with Crippen molar-refractivity contribution in [1.82, 2.24) is 9.55 Å². The van der Waals surface area contributed by atoms with Crippen LogP contribution in [0.2, 0.25) is 0 Å². The summed E-state index contributed by atoms with van der Waals surface area (Å²) in [4.78, 5) is 52.7. The Bertz CT molecular complexity index is 1260.